The fourth-order valence-electron chi connectivity index (χ4n) is 4.21. The SMILES string of the molecule is CCOc1ccc(C(=O)c2cn(Cc3cccc(OC)c3)c3cc4c(cc3c2=O)OCCO4)cc1. The summed E-state index contributed by atoms with van der Waals surface area (Å²) in [5.41, 5.74) is 1.77. The second-order valence-electron chi connectivity index (χ2n) is 8.15. The highest BCUT2D eigenvalue weighted by Crippen LogP contribution is 2.34. The maximum absolute atomic E-state index is 13.5. The molecule has 0 atom stereocenters. The molecular weight excluding hydrogens is 446 g/mol. The van der Waals surface area contributed by atoms with Gasteiger partial charge in [-0.15, -0.1) is 0 Å². The van der Waals surface area contributed by atoms with Crippen LogP contribution in [0.1, 0.15) is 28.4 Å². The molecule has 1 aromatic heterocycles. The second kappa shape index (κ2) is 9.54. The van der Waals surface area contributed by atoms with Crippen LogP contribution in [-0.4, -0.2) is 37.3 Å². The van der Waals surface area contributed by atoms with Crippen molar-refractivity contribution < 1.29 is 23.7 Å². The highest BCUT2D eigenvalue weighted by molar-refractivity contribution is 6.10. The van der Waals surface area contributed by atoms with E-state index in [0.717, 1.165) is 11.3 Å². The average Bonchev–Trinajstić information content (AvgIpc) is 2.90. The number of fused-ring (bicyclic) bond motifs is 2. The summed E-state index contributed by atoms with van der Waals surface area (Å²) in [5, 5.41) is 0.397. The Morgan fingerprint density at radius 1 is 0.971 bits per heavy atom. The molecule has 0 N–H and O–H groups in total. The quantitative estimate of drug-likeness (QED) is 0.371. The fourth-order valence-corrected chi connectivity index (χ4v) is 4.21. The second-order valence-corrected chi connectivity index (χ2v) is 8.15. The molecule has 0 saturated heterocycles. The maximum Gasteiger partial charge on any atom is 0.200 e. The van der Waals surface area contributed by atoms with E-state index in [4.69, 9.17) is 18.9 Å². The van der Waals surface area contributed by atoms with Gasteiger partial charge in [0.1, 0.15) is 24.7 Å². The van der Waals surface area contributed by atoms with Crippen LogP contribution in [-0.2, 0) is 6.54 Å². The Morgan fingerprint density at radius 2 is 1.71 bits per heavy atom. The molecule has 35 heavy (non-hydrogen) atoms. The number of hydrogen-bond donors (Lipinski definition) is 0. The van der Waals surface area contributed by atoms with Gasteiger partial charge in [0, 0.05) is 24.4 Å². The van der Waals surface area contributed by atoms with E-state index in [0.29, 0.717) is 60.1 Å². The highest BCUT2D eigenvalue weighted by atomic mass is 16.6. The number of pyridine rings is 1. The largest absolute Gasteiger partial charge is 0.497 e. The number of aromatic nitrogens is 1. The number of methoxy groups -OCH3 is 1. The first-order valence-corrected chi connectivity index (χ1v) is 11.4. The van der Waals surface area contributed by atoms with Crippen molar-refractivity contribution in [3.8, 4) is 23.0 Å². The summed E-state index contributed by atoms with van der Waals surface area (Å²) in [5.74, 6) is 2.12. The van der Waals surface area contributed by atoms with E-state index in [-0.39, 0.29) is 16.8 Å². The third-order valence-electron chi connectivity index (χ3n) is 5.90. The molecule has 5 rings (SSSR count). The lowest BCUT2D eigenvalue weighted by Crippen LogP contribution is -2.21. The normalized spacial score (nSPS) is 12.4. The zero-order chi connectivity index (χ0) is 24.4. The van der Waals surface area contributed by atoms with Gasteiger partial charge in [0.15, 0.2) is 17.3 Å². The predicted octanol–water partition coefficient (Wildman–Crippen LogP) is 4.46. The van der Waals surface area contributed by atoms with E-state index in [9.17, 15) is 9.59 Å². The summed E-state index contributed by atoms with van der Waals surface area (Å²) in [4.78, 5) is 27.0. The van der Waals surface area contributed by atoms with Crippen LogP contribution < -0.4 is 24.4 Å². The van der Waals surface area contributed by atoms with E-state index in [1.807, 2.05) is 35.8 Å². The molecule has 2 heterocycles. The van der Waals surface area contributed by atoms with Crippen LogP contribution in [0.2, 0.25) is 0 Å². The van der Waals surface area contributed by atoms with Crippen LogP contribution in [0.5, 0.6) is 23.0 Å². The minimum Gasteiger partial charge on any atom is -0.497 e. The highest BCUT2D eigenvalue weighted by Gasteiger charge is 2.21. The molecule has 1 aliphatic heterocycles. The number of carbonyl (C=O) groups excluding carboxylic acids is 1. The van der Waals surface area contributed by atoms with E-state index >= 15 is 0 Å². The zero-order valence-corrected chi connectivity index (χ0v) is 19.6. The maximum atomic E-state index is 13.5. The van der Waals surface area contributed by atoms with Crippen molar-refractivity contribution in [2.75, 3.05) is 26.9 Å². The van der Waals surface area contributed by atoms with Gasteiger partial charge in [-0.05, 0) is 55.0 Å². The van der Waals surface area contributed by atoms with E-state index in [1.165, 1.54) is 0 Å². The van der Waals surface area contributed by atoms with Gasteiger partial charge < -0.3 is 23.5 Å². The molecule has 0 saturated carbocycles. The van der Waals surface area contributed by atoms with Crippen molar-refractivity contribution in [3.63, 3.8) is 0 Å². The molecule has 178 valence electrons. The molecule has 0 radical (unpaired) electrons. The summed E-state index contributed by atoms with van der Waals surface area (Å²) in [7, 11) is 1.62. The van der Waals surface area contributed by atoms with Gasteiger partial charge in [-0.1, -0.05) is 12.1 Å². The van der Waals surface area contributed by atoms with Crippen molar-refractivity contribution in [3.05, 3.63) is 93.8 Å². The van der Waals surface area contributed by atoms with Gasteiger partial charge in [0.05, 0.1) is 30.2 Å². The standard InChI is InChI=1S/C28H25NO6/c1-3-33-20-9-7-19(8-10-20)27(30)23-17-29(16-18-5-4-6-21(13-18)32-2)24-15-26-25(34-11-12-35-26)14-22(24)28(23)31/h4-10,13-15,17H,3,11-12,16H2,1-2H3. The number of ether oxygens (including phenoxy) is 4. The van der Waals surface area contributed by atoms with Crippen LogP contribution in [0.4, 0.5) is 0 Å². The lowest BCUT2D eigenvalue weighted by Gasteiger charge is -2.21. The minimum atomic E-state index is -0.353. The zero-order valence-electron chi connectivity index (χ0n) is 19.6. The van der Waals surface area contributed by atoms with Gasteiger partial charge >= 0.3 is 0 Å². The van der Waals surface area contributed by atoms with Crippen LogP contribution in [0.3, 0.4) is 0 Å². The molecule has 0 spiro atoms. The number of hydrogen-bond acceptors (Lipinski definition) is 6. The Morgan fingerprint density at radius 3 is 2.43 bits per heavy atom. The summed E-state index contributed by atoms with van der Waals surface area (Å²) < 4.78 is 24.2. The van der Waals surface area contributed by atoms with Gasteiger partial charge in [-0.3, -0.25) is 9.59 Å². The molecule has 0 unspecified atom stereocenters. The topological polar surface area (TPSA) is 76.0 Å². The van der Waals surface area contributed by atoms with E-state index in [1.54, 1.807) is 49.7 Å². The van der Waals surface area contributed by atoms with Gasteiger partial charge in [-0.25, -0.2) is 0 Å². The number of nitrogens with zero attached hydrogens (tertiary/aromatic N) is 1. The molecule has 0 bridgehead atoms. The van der Waals surface area contributed by atoms with Crippen molar-refractivity contribution in [2.45, 2.75) is 13.5 Å². The fraction of sp³-hybridized carbons (Fsp3) is 0.214. The van der Waals surface area contributed by atoms with E-state index < -0.39 is 0 Å². The minimum absolute atomic E-state index is 0.0845. The van der Waals surface area contributed by atoms with Crippen molar-refractivity contribution in [2.24, 2.45) is 0 Å². The predicted molar refractivity (Wildman–Crippen MR) is 132 cm³/mol. The number of benzene rings is 3. The van der Waals surface area contributed by atoms with Crippen molar-refractivity contribution >= 4 is 16.7 Å². The molecule has 0 fully saturated rings. The lowest BCUT2D eigenvalue weighted by molar-refractivity contribution is 0.103. The molecule has 4 aromatic rings. The molecule has 1 aliphatic rings. The van der Waals surface area contributed by atoms with Gasteiger partial charge in [-0.2, -0.15) is 0 Å². The molecule has 0 amide bonds. The smallest absolute Gasteiger partial charge is 0.200 e. The van der Waals surface area contributed by atoms with Gasteiger partial charge in [0.25, 0.3) is 0 Å². The first-order chi connectivity index (χ1) is 17.1. The average molecular weight is 472 g/mol. The van der Waals surface area contributed by atoms with Crippen LogP contribution in [0, 0.1) is 0 Å². The number of carbonyl (C=O) groups is 1. The third kappa shape index (κ3) is 4.45. The Bertz CT molecular complexity index is 1460. The Hall–Kier alpha value is -4.26. The monoisotopic (exact) mass is 471 g/mol. The molecule has 7 nitrogen and oxygen atoms in total. The lowest BCUT2D eigenvalue weighted by atomic mass is 10.0. The first-order valence-electron chi connectivity index (χ1n) is 11.4. The Labute approximate surface area is 202 Å². The molecule has 3 aromatic carbocycles. The van der Waals surface area contributed by atoms with Crippen molar-refractivity contribution in [1.29, 1.82) is 0 Å². The molecular formula is C28H25NO6. The third-order valence-corrected chi connectivity index (χ3v) is 5.90. The van der Waals surface area contributed by atoms with Crippen LogP contribution in [0.15, 0.2) is 71.7 Å². The van der Waals surface area contributed by atoms with Gasteiger partial charge in [0.2, 0.25) is 5.43 Å². The summed E-state index contributed by atoms with van der Waals surface area (Å²) >= 11 is 0. The Kier molecular flexibility index (Phi) is 6.14. The molecule has 7 heteroatoms. The summed E-state index contributed by atoms with van der Waals surface area (Å²) in [6.07, 6.45) is 1.62. The van der Waals surface area contributed by atoms with Crippen molar-refractivity contribution in [1.82, 2.24) is 4.57 Å². The molecule has 0 aliphatic carbocycles. The first kappa shape index (κ1) is 22.5. The number of ketones is 1. The van der Waals surface area contributed by atoms with Crippen LogP contribution >= 0.6 is 0 Å². The summed E-state index contributed by atoms with van der Waals surface area (Å²) in [6.45, 7) is 3.70. The van der Waals surface area contributed by atoms with E-state index in [2.05, 4.69) is 0 Å². The van der Waals surface area contributed by atoms with Crippen LogP contribution in [0.25, 0.3) is 10.9 Å². The summed E-state index contributed by atoms with van der Waals surface area (Å²) in [6, 6.07) is 18.0. The Balaban J connectivity index is 1.65. The number of rotatable bonds is 7.